The molecule has 0 aliphatic carbocycles. The summed E-state index contributed by atoms with van der Waals surface area (Å²) >= 11 is 0. The van der Waals surface area contributed by atoms with Gasteiger partial charge in [-0.2, -0.15) is 0 Å². The van der Waals surface area contributed by atoms with Crippen molar-refractivity contribution in [3.8, 4) is 5.75 Å². The highest BCUT2D eigenvalue weighted by Crippen LogP contribution is 2.25. The van der Waals surface area contributed by atoms with Gasteiger partial charge < -0.3 is 4.74 Å². The first-order valence-electron chi connectivity index (χ1n) is 6.67. The summed E-state index contributed by atoms with van der Waals surface area (Å²) in [6.07, 6.45) is 1.53. The number of para-hydroxylation sites is 2. The van der Waals surface area contributed by atoms with Crippen molar-refractivity contribution >= 4 is 15.7 Å². The largest absolute Gasteiger partial charge is 0.491 e. The highest BCUT2D eigenvalue weighted by atomic mass is 32.2. The molecule has 1 rings (SSSR count). The van der Waals surface area contributed by atoms with Crippen LogP contribution in [0.15, 0.2) is 24.3 Å². The lowest BCUT2D eigenvalue weighted by atomic mass is 10.2. The minimum absolute atomic E-state index is 0.132. The summed E-state index contributed by atoms with van der Waals surface area (Å²) in [6, 6.07) is 7.11. The Morgan fingerprint density at radius 1 is 1.26 bits per heavy atom. The number of hydrogen-bond donors (Lipinski definition) is 1. The van der Waals surface area contributed by atoms with Gasteiger partial charge in [0, 0.05) is 0 Å². The maximum absolute atomic E-state index is 12.0. The van der Waals surface area contributed by atoms with Gasteiger partial charge in [0.2, 0.25) is 10.0 Å². The SMILES string of the molecule is CCCOc1ccccc1NS(=O)(=O)CCC(C)C. The fraction of sp³-hybridized carbons (Fsp3) is 0.571. The number of rotatable bonds is 8. The molecule has 0 unspecified atom stereocenters. The Morgan fingerprint density at radius 3 is 2.58 bits per heavy atom. The van der Waals surface area contributed by atoms with Crippen LogP contribution in [0.5, 0.6) is 5.75 Å². The normalized spacial score (nSPS) is 11.6. The van der Waals surface area contributed by atoms with Crippen molar-refractivity contribution < 1.29 is 13.2 Å². The third kappa shape index (κ3) is 5.96. The van der Waals surface area contributed by atoms with Crippen molar-refractivity contribution in [3.05, 3.63) is 24.3 Å². The average molecular weight is 285 g/mol. The first-order valence-corrected chi connectivity index (χ1v) is 8.32. The van der Waals surface area contributed by atoms with E-state index in [1.807, 2.05) is 26.8 Å². The number of anilines is 1. The molecule has 0 spiro atoms. The summed E-state index contributed by atoms with van der Waals surface area (Å²) in [7, 11) is -3.31. The van der Waals surface area contributed by atoms with E-state index >= 15 is 0 Å². The molecule has 0 amide bonds. The van der Waals surface area contributed by atoms with Crippen molar-refractivity contribution in [2.75, 3.05) is 17.1 Å². The smallest absolute Gasteiger partial charge is 0.232 e. The number of nitrogens with one attached hydrogen (secondary N) is 1. The van der Waals surface area contributed by atoms with E-state index in [-0.39, 0.29) is 5.75 Å². The third-order valence-corrected chi connectivity index (χ3v) is 3.88. The molecule has 108 valence electrons. The van der Waals surface area contributed by atoms with Crippen LogP contribution >= 0.6 is 0 Å². The van der Waals surface area contributed by atoms with E-state index in [2.05, 4.69) is 4.72 Å². The first-order chi connectivity index (χ1) is 8.94. The number of benzene rings is 1. The molecule has 0 radical (unpaired) electrons. The maximum Gasteiger partial charge on any atom is 0.232 e. The fourth-order valence-corrected chi connectivity index (χ4v) is 2.89. The molecule has 0 atom stereocenters. The van der Waals surface area contributed by atoms with E-state index in [1.165, 1.54) is 0 Å². The van der Waals surface area contributed by atoms with Gasteiger partial charge in [-0.15, -0.1) is 0 Å². The zero-order valence-electron chi connectivity index (χ0n) is 11.8. The second-order valence-electron chi connectivity index (χ2n) is 4.95. The van der Waals surface area contributed by atoms with Gasteiger partial charge in [-0.1, -0.05) is 32.9 Å². The van der Waals surface area contributed by atoms with Crippen LogP contribution in [0.4, 0.5) is 5.69 Å². The molecule has 0 saturated heterocycles. The van der Waals surface area contributed by atoms with Gasteiger partial charge in [0.25, 0.3) is 0 Å². The van der Waals surface area contributed by atoms with Crippen LogP contribution in [-0.2, 0) is 10.0 Å². The standard InChI is InChI=1S/C14H23NO3S/c1-4-10-18-14-8-6-5-7-13(14)15-19(16,17)11-9-12(2)3/h5-8,12,15H,4,9-11H2,1-3H3. The second-order valence-corrected chi connectivity index (χ2v) is 6.79. The van der Waals surface area contributed by atoms with Gasteiger partial charge in [-0.3, -0.25) is 4.72 Å². The molecular weight excluding hydrogens is 262 g/mol. The van der Waals surface area contributed by atoms with Crippen LogP contribution in [0.1, 0.15) is 33.6 Å². The van der Waals surface area contributed by atoms with Gasteiger partial charge >= 0.3 is 0 Å². The van der Waals surface area contributed by atoms with Gasteiger partial charge in [-0.05, 0) is 30.9 Å². The maximum atomic E-state index is 12.0. The Morgan fingerprint density at radius 2 is 1.95 bits per heavy atom. The van der Waals surface area contributed by atoms with Crippen LogP contribution in [0.3, 0.4) is 0 Å². The van der Waals surface area contributed by atoms with E-state index in [9.17, 15) is 8.42 Å². The van der Waals surface area contributed by atoms with Crippen LogP contribution in [-0.4, -0.2) is 20.8 Å². The quantitative estimate of drug-likeness (QED) is 0.797. The molecule has 5 heteroatoms. The Labute approximate surface area is 116 Å². The lowest BCUT2D eigenvalue weighted by Crippen LogP contribution is -2.18. The van der Waals surface area contributed by atoms with Crippen molar-refractivity contribution in [1.82, 2.24) is 0 Å². The molecule has 1 aromatic rings. The fourth-order valence-electron chi connectivity index (χ4n) is 1.50. The Bertz CT molecular complexity index is 483. The molecule has 0 aromatic heterocycles. The summed E-state index contributed by atoms with van der Waals surface area (Å²) in [4.78, 5) is 0. The first kappa shape index (κ1) is 15.8. The lowest BCUT2D eigenvalue weighted by Gasteiger charge is -2.13. The third-order valence-electron chi connectivity index (χ3n) is 2.58. The zero-order valence-corrected chi connectivity index (χ0v) is 12.7. The van der Waals surface area contributed by atoms with Gasteiger partial charge in [0.15, 0.2) is 0 Å². The summed E-state index contributed by atoms with van der Waals surface area (Å²) in [6.45, 7) is 6.60. The molecular formula is C14H23NO3S. The Hall–Kier alpha value is -1.23. The Kier molecular flexibility index (Phi) is 6.15. The number of hydrogen-bond acceptors (Lipinski definition) is 3. The minimum atomic E-state index is -3.31. The molecule has 1 N–H and O–H groups in total. The van der Waals surface area contributed by atoms with Crippen molar-refractivity contribution in [3.63, 3.8) is 0 Å². The van der Waals surface area contributed by atoms with Gasteiger partial charge in [0.05, 0.1) is 18.0 Å². The number of ether oxygens (including phenoxy) is 1. The Balaban J connectivity index is 2.75. The van der Waals surface area contributed by atoms with Crippen LogP contribution < -0.4 is 9.46 Å². The summed E-state index contributed by atoms with van der Waals surface area (Å²) in [5.41, 5.74) is 0.514. The molecule has 0 heterocycles. The summed E-state index contributed by atoms with van der Waals surface area (Å²) < 4.78 is 32.1. The molecule has 0 aliphatic rings. The highest BCUT2D eigenvalue weighted by Gasteiger charge is 2.14. The molecule has 0 fully saturated rings. The summed E-state index contributed by atoms with van der Waals surface area (Å²) in [5, 5.41) is 0. The van der Waals surface area contributed by atoms with Crippen molar-refractivity contribution in [1.29, 1.82) is 0 Å². The molecule has 4 nitrogen and oxygen atoms in total. The molecule has 1 aromatic carbocycles. The van der Waals surface area contributed by atoms with E-state index in [1.54, 1.807) is 18.2 Å². The van der Waals surface area contributed by atoms with Crippen molar-refractivity contribution in [2.24, 2.45) is 5.92 Å². The van der Waals surface area contributed by atoms with Crippen molar-refractivity contribution in [2.45, 2.75) is 33.6 Å². The van der Waals surface area contributed by atoms with Gasteiger partial charge in [0.1, 0.15) is 5.75 Å². The van der Waals surface area contributed by atoms with E-state index < -0.39 is 10.0 Å². The minimum Gasteiger partial charge on any atom is -0.491 e. The van der Waals surface area contributed by atoms with Crippen LogP contribution in [0.25, 0.3) is 0 Å². The summed E-state index contributed by atoms with van der Waals surface area (Å²) in [5.74, 6) is 1.08. The van der Waals surface area contributed by atoms with Gasteiger partial charge in [-0.25, -0.2) is 8.42 Å². The van der Waals surface area contributed by atoms with E-state index in [0.717, 1.165) is 6.42 Å². The molecule has 0 aliphatic heterocycles. The van der Waals surface area contributed by atoms with E-state index in [4.69, 9.17) is 4.74 Å². The lowest BCUT2D eigenvalue weighted by molar-refractivity contribution is 0.319. The highest BCUT2D eigenvalue weighted by molar-refractivity contribution is 7.92. The number of sulfonamides is 1. The topological polar surface area (TPSA) is 55.4 Å². The average Bonchev–Trinajstić information content (AvgIpc) is 2.35. The van der Waals surface area contributed by atoms with E-state index in [0.29, 0.717) is 30.4 Å². The molecule has 0 bridgehead atoms. The predicted molar refractivity (Wildman–Crippen MR) is 79.1 cm³/mol. The van der Waals surface area contributed by atoms with Crippen LogP contribution in [0.2, 0.25) is 0 Å². The zero-order chi connectivity index (χ0) is 14.3. The van der Waals surface area contributed by atoms with Crippen LogP contribution in [0, 0.1) is 5.92 Å². The molecule has 19 heavy (non-hydrogen) atoms. The monoisotopic (exact) mass is 285 g/mol. The predicted octanol–water partition coefficient (Wildman–Crippen LogP) is 3.26. The second kappa shape index (κ2) is 7.38. The molecule has 0 saturated carbocycles.